The summed E-state index contributed by atoms with van der Waals surface area (Å²) in [6, 6.07) is 0. The predicted molar refractivity (Wildman–Crippen MR) is 20.0 cm³/mol. The molecule has 0 spiro atoms. The van der Waals surface area contributed by atoms with Crippen LogP contribution < -0.4 is 11.0 Å². The minimum absolute atomic E-state index is 0.801. The molecule has 2 N–H and O–H groups in total. The van der Waals surface area contributed by atoms with E-state index >= 15 is 0 Å². The lowest BCUT2D eigenvalue weighted by Gasteiger charge is -1.88. The highest BCUT2D eigenvalue weighted by Gasteiger charge is 2.00. The molecule has 0 bridgehead atoms. The van der Waals surface area contributed by atoms with Gasteiger partial charge < -0.3 is 0 Å². The Balaban J connectivity index is 2.38. The fourth-order valence-electron chi connectivity index (χ4n) is 0.231. The van der Waals surface area contributed by atoms with Gasteiger partial charge in [0.05, 0.1) is 0 Å². The van der Waals surface area contributed by atoms with E-state index in [1.54, 1.807) is 0 Å². The van der Waals surface area contributed by atoms with E-state index in [0.29, 0.717) is 0 Å². The van der Waals surface area contributed by atoms with Crippen molar-refractivity contribution in [2.75, 3.05) is 0 Å². The van der Waals surface area contributed by atoms with Gasteiger partial charge in [-0.15, -0.1) is 5.11 Å². The summed E-state index contributed by atoms with van der Waals surface area (Å²) in [4.78, 5) is 0. The van der Waals surface area contributed by atoms with Gasteiger partial charge in [-0.05, 0) is 6.92 Å². The number of nitrogens with zero attached hydrogens (tertiary/aromatic N) is 2. The molecule has 4 heteroatoms. The van der Waals surface area contributed by atoms with Gasteiger partial charge in [-0.3, -0.25) is 0 Å². The van der Waals surface area contributed by atoms with Crippen molar-refractivity contribution in [3.63, 3.8) is 0 Å². The highest BCUT2D eigenvalue weighted by molar-refractivity contribution is 4.73. The van der Waals surface area contributed by atoms with Crippen LogP contribution in [0, 0.1) is 6.17 Å². The Bertz CT molecular complexity index is 67.9. The maximum atomic E-state index is 3.56. The zero-order valence-electron chi connectivity index (χ0n) is 3.39. The SMILES string of the molecule is C[C]1N=NNN1. The largest absolute Gasteiger partial charge is 0.222 e. The van der Waals surface area contributed by atoms with Gasteiger partial charge in [0.25, 0.3) is 0 Å². The van der Waals surface area contributed by atoms with Gasteiger partial charge in [-0.25, -0.2) is 5.53 Å². The van der Waals surface area contributed by atoms with Crippen molar-refractivity contribution >= 4 is 0 Å². The van der Waals surface area contributed by atoms with Gasteiger partial charge in [-0.2, -0.15) is 5.43 Å². The van der Waals surface area contributed by atoms with Gasteiger partial charge >= 0.3 is 0 Å². The summed E-state index contributed by atoms with van der Waals surface area (Å²) in [5, 5.41) is 6.95. The monoisotopic (exact) mass is 85.1 g/mol. The number of nitrogens with one attached hydrogen (secondary N) is 2. The van der Waals surface area contributed by atoms with Crippen LogP contribution in [0.4, 0.5) is 0 Å². The maximum absolute atomic E-state index is 3.56. The van der Waals surface area contributed by atoms with Gasteiger partial charge in [0.1, 0.15) is 0 Å². The first-order valence-corrected chi connectivity index (χ1v) is 1.65. The number of hydrogen-bond donors (Lipinski definition) is 2. The second kappa shape index (κ2) is 1.22. The van der Waals surface area contributed by atoms with Crippen LogP contribution in [0.1, 0.15) is 6.92 Å². The lowest BCUT2D eigenvalue weighted by atomic mass is 10.6. The topological polar surface area (TPSA) is 48.8 Å². The van der Waals surface area contributed by atoms with Crippen LogP contribution in [0.15, 0.2) is 10.3 Å². The lowest BCUT2D eigenvalue weighted by Crippen LogP contribution is -2.21. The fraction of sp³-hybridized carbons (Fsp3) is 0.500. The second-order valence-electron chi connectivity index (χ2n) is 1.02. The quantitative estimate of drug-likeness (QED) is 0.434. The average molecular weight is 85.1 g/mol. The molecule has 4 nitrogen and oxygen atoms in total. The van der Waals surface area contributed by atoms with Crippen molar-refractivity contribution in [3.05, 3.63) is 6.17 Å². The minimum Gasteiger partial charge on any atom is -0.222 e. The van der Waals surface area contributed by atoms with E-state index in [1.807, 2.05) is 6.92 Å². The van der Waals surface area contributed by atoms with Crippen molar-refractivity contribution in [1.82, 2.24) is 11.0 Å². The van der Waals surface area contributed by atoms with Gasteiger partial charge in [0, 0.05) is 0 Å². The summed E-state index contributed by atoms with van der Waals surface area (Å²) in [5.41, 5.74) is 5.10. The van der Waals surface area contributed by atoms with Crippen LogP contribution in [0.3, 0.4) is 0 Å². The first kappa shape index (κ1) is 3.55. The maximum Gasteiger partial charge on any atom is 0.190 e. The van der Waals surface area contributed by atoms with Gasteiger partial charge in [0.2, 0.25) is 0 Å². The lowest BCUT2D eigenvalue weighted by molar-refractivity contribution is 0.646. The van der Waals surface area contributed by atoms with Gasteiger partial charge in [-0.1, -0.05) is 5.22 Å². The Labute approximate surface area is 35.6 Å². The Kier molecular flexibility index (Phi) is 0.719. The Morgan fingerprint density at radius 1 is 1.67 bits per heavy atom. The molecule has 0 aliphatic carbocycles. The van der Waals surface area contributed by atoms with E-state index in [9.17, 15) is 0 Å². The molecule has 0 amide bonds. The Morgan fingerprint density at radius 2 is 2.50 bits per heavy atom. The molecule has 0 fully saturated rings. The van der Waals surface area contributed by atoms with E-state index in [2.05, 4.69) is 21.3 Å². The van der Waals surface area contributed by atoms with Crippen molar-refractivity contribution < 1.29 is 0 Å². The minimum atomic E-state index is 0.801. The summed E-state index contributed by atoms with van der Waals surface area (Å²) in [6.07, 6.45) is 0.801. The van der Waals surface area contributed by atoms with E-state index in [1.165, 1.54) is 0 Å². The fourth-order valence-corrected chi connectivity index (χ4v) is 0.231. The highest BCUT2D eigenvalue weighted by atomic mass is 15.7. The number of hydrogen-bond acceptors (Lipinski definition) is 4. The average Bonchev–Trinajstić information content (AvgIpc) is 1.86. The van der Waals surface area contributed by atoms with Crippen LogP contribution in [-0.4, -0.2) is 0 Å². The normalized spacial score (nSPS) is 21.5. The van der Waals surface area contributed by atoms with Gasteiger partial charge in [0.15, 0.2) is 6.17 Å². The Hall–Kier alpha value is -0.640. The summed E-state index contributed by atoms with van der Waals surface area (Å²) in [7, 11) is 0. The standard InChI is InChI=1S/C2H5N4/c1-2-3-5-6-4-2/h1H3,(H,3,6)(H,4,5). The molecule has 0 aromatic carbocycles. The summed E-state index contributed by atoms with van der Waals surface area (Å²) < 4.78 is 0. The molecule has 0 saturated heterocycles. The highest BCUT2D eigenvalue weighted by Crippen LogP contribution is 1.95. The Morgan fingerprint density at radius 3 is 2.67 bits per heavy atom. The van der Waals surface area contributed by atoms with Crippen LogP contribution in [0.25, 0.3) is 0 Å². The summed E-state index contributed by atoms with van der Waals surface area (Å²) in [6.45, 7) is 1.82. The molecule has 0 unspecified atom stereocenters. The molecule has 0 aromatic heterocycles. The summed E-state index contributed by atoms with van der Waals surface area (Å²) in [5.74, 6) is 0. The van der Waals surface area contributed by atoms with E-state index in [0.717, 1.165) is 6.17 Å². The smallest absolute Gasteiger partial charge is 0.190 e. The molecule has 33 valence electrons. The van der Waals surface area contributed by atoms with Crippen molar-refractivity contribution in [2.45, 2.75) is 6.92 Å². The molecule has 6 heavy (non-hydrogen) atoms. The first-order valence-electron chi connectivity index (χ1n) is 1.65. The molecular weight excluding hydrogens is 80.0 g/mol. The third-order valence-electron chi connectivity index (χ3n) is 0.487. The van der Waals surface area contributed by atoms with E-state index in [4.69, 9.17) is 0 Å². The zero-order chi connectivity index (χ0) is 4.41. The summed E-state index contributed by atoms with van der Waals surface area (Å²) >= 11 is 0. The molecule has 1 aliphatic rings. The number of hydrazine groups is 1. The van der Waals surface area contributed by atoms with Crippen LogP contribution >= 0.6 is 0 Å². The van der Waals surface area contributed by atoms with Crippen LogP contribution in [0.2, 0.25) is 0 Å². The molecule has 1 radical (unpaired) electrons. The van der Waals surface area contributed by atoms with Crippen molar-refractivity contribution in [3.8, 4) is 0 Å². The molecule has 1 aliphatic heterocycles. The third-order valence-corrected chi connectivity index (χ3v) is 0.487. The zero-order valence-corrected chi connectivity index (χ0v) is 3.39. The second-order valence-corrected chi connectivity index (χ2v) is 1.02. The molecular formula is C2H5N4. The molecule has 0 atom stereocenters. The van der Waals surface area contributed by atoms with Crippen molar-refractivity contribution in [1.29, 1.82) is 0 Å². The van der Waals surface area contributed by atoms with Crippen molar-refractivity contribution in [2.24, 2.45) is 10.3 Å². The van der Waals surface area contributed by atoms with Crippen LogP contribution in [0.5, 0.6) is 0 Å². The molecule has 0 aromatic rings. The van der Waals surface area contributed by atoms with E-state index in [-0.39, 0.29) is 0 Å². The molecule has 0 saturated carbocycles. The predicted octanol–water partition coefficient (Wildman–Crippen LogP) is -0.0292. The molecule has 1 rings (SSSR count). The molecule has 1 heterocycles. The third kappa shape index (κ3) is 0.463. The van der Waals surface area contributed by atoms with Crippen LogP contribution in [-0.2, 0) is 0 Å². The number of rotatable bonds is 0. The first-order chi connectivity index (χ1) is 2.89. The van der Waals surface area contributed by atoms with E-state index < -0.39 is 0 Å².